The van der Waals surface area contributed by atoms with Crippen LogP contribution in [0, 0.1) is 12.4 Å². The second kappa shape index (κ2) is 11.6. The van der Waals surface area contributed by atoms with Crippen molar-refractivity contribution in [3.63, 3.8) is 0 Å². The van der Waals surface area contributed by atoms with E-state index in [1.807, 2.05) is 41.6 Å². The molecule has 2 aliphatic heterocycles. The predicted molar refractivity (Wildman–Crippen MR) is 159 cm³/mol. The molecule has 5 heterocycles. The summed E-state index contributed by atoms with van der Waals surface area (Å²) in [5.41, 5.74) is 0.933. The Morgan fingerprint density at radius 2 is 2.10 bits per heavy atom. The van der Waals surface area contributed by atoms with Crippen molar-refractivity contribution >= 4 is 44.1 Å². The minimum Gasteiger partial charge on any atom is -0.462 e. The first kappa shape index (κ1) is 27.9. The maximum atomic E-state index is 16.4. The summed E-state index contributed by atoms with van der Waals surface area (Å²) in [5.74, 6) is -2.10. The first-order valence-corrected chi connectivity index (χ1v) is 14.6. The molecule has 0 aliphatic carbocycles. The summed E-state index contributed by atoms with van der Waals surface area (Å²) in [6.45, 7) is 12.4. The van der Waals surface area contributed by atoms with Crippen LogP contribution in [0.4, 0.5) is 14.6 Å². The number of hydrogen-bond acceptors (Lipinski definition) is 8. The van der Waals surface area contributed by atoms with Crippen molar-refractivity contribution < 1.29 is 18.3 Å². The standard InChI is InChI=1S/C30H29F2N7O2S/c1-18(31)29(40)39-12-11-38(16-21(39)14-33-2)28-23-15-34-25(22-8-4-6-19-9-13-42-27(19)22)24(32)26(23)35-30(36-28)41-17-20-7-5-10-37(20)3/h4,6,8-9,13,15,20-21H,1,5,7,10-12,14,16-17H2,3H3/t20-,21-/m0/s1. The van der Waals surface area contributed by atoms with Crippen LogP contribution < -0.4 is 9.64 Å². The number of amides is 1. The lowest BCUT2D eigenvalue weighted by Crippen LogP contribution is -2.56. The van der Waals surface area contributed by atoms with Gasteiger partial charge < -0.3 is 24.3 Å². The van der Waals surface area contributed by atoms with Gasteiger partial charge in [-0.3, -0.25) is 9.78 Å². The molecule has 3 aromatic heterocycles. The molecule has 0 N–H and O–H groups in total. The van der Waals surface area contributed by atoms with Gasteiger partial charge in [0.15, 0.2) is 11.6 Å². The highest BCUT2D eigenvalue weighted by molar-refractivity contribution is 7.17. The van der Waals surface area contributed by atoms with E-state index in [4.69, 9.17) is 16.3 Å². The van der Waals surface area contributed by atoms with Crippen LogP contribution in [0.1, 0.15) is 12.8 Å². The smallest absolute Gasteiger partial charge is 0.319 e. The van der Waals surface area contributed by atoms with E-state index in [0.29, 0.717) is 23.4 Å². The number of aromatic nitrogens is 3. The molecule has 2 fully saturated rings. The normalized spacial score (nSPS) is 19.4. The van der Waals surface area contributed by atoms with Crippen molar-refractivity contribution in [1.29, 1.82) is 0 Å². The second-order valence-corrected chi connectivity index (χ2v) is 11.5. The number of nitrogens with zero attached hydrogens (tertiary/aromatic N) is 7. The minimum absolute atomic E-state index is 0.0303. The Morgan fingerprint density at radius 3 is 2.86 bits per heavy atom. The molecular formula is C30H29F2N7O2S. The molecule has 12 heteroatoms. The van der Waals surface area contributed by atoms with E-state index in [1.165, 1.54) is 16.2 Å². The number of likely N-dealkylation sites (tertiary alicyclic amines) is 1. The largest absolute Gasteiger partial charge is 0.462 e. The van der Waals surface area contributed by atoms with Crippen LogP contribution >= 0.6 is 11.3 Å². The summed E-state index contributed by atoms with van der Waals surface area (Å²) >= 11 is 1.52. The number of rotatable bonds is 7. The minimum atomic E-state index is -1.07. The number of carbonyl (C=O) groups excluding carboxylic acids is 1. The number of thiophene rings is 1. The molecule has 1 amide bonds. The van der Waals surface area contributed by atoms with Crippen LogP contribution in [0.25, 0.3) is 37.1 Å². The molecule has 0 bridgehead atoms. The van der Waals surface area contributed by atoms with Gasteiger partial charge in [-0.2, -0.15) is 9.97 Å². The maximum absolute atomic E-state index is 16.4. The fourth-order valence-electron chi connectivity index (χ4n) is 5.79. The number of hydrogen-bond donors (Lipinski definition) is 0. The molecule has 42 heavy (non-hydrogen) atoms. The van der Waals surface area contributed by atoms with Gasteiger partial charge in [-0.25, -0.2) is 15.4 Å². The van der Waals surface area contributed by atoms with Crippen LogP contribution in [0.2, 0.25) is 0 Å². The van der Waals surface area contributed by atoms with Crippen molar-refractivity contribution in [3.05, 3.63) is 65.5 Å². The Kier molecular flexibility index (Phi) is 7.70. The van der Waals surface area contributed by atoms with Crippen molar-refractivity contribution in [2.75, 3.05) is 51.3 Å². The summed E-state index contributed by atoms with van der Waals surface area (Å²) in [6, 6.07) is 7.31. The van der Waals surface area contributed by atoms with Crippen LogP contribution in [-0.2, 0) is 4.79 Å². The monoisotopic (exact) mass is 589 g/mol. The Bertz CT molecular complexity index is 1720. The molecule has 9 nitrogen and oxygen atoms in total. The molecule has 216 valence electrons. The molecule has 0 spiro atoms. The van der Waals surface area contributed by atoms with Gasteiger partial charge in [0.25, 0.3) is 5.91 Å². The molecule has 6 rings (SSSR count). The van der Waals surface area contributed by atoms with E-state index in [2.05, 4.69) is 26.3 Å². The summed E-state index contributed by atoms with van der Waals surface area (Å²) in [4.78, 5) is 35.1. The lowest BCUT2D eigenvalue weighted by molar-refractivity contribution is -0.131. The lowest BCUT2D eigenvalue weighted by atomic mass is 10.1. The van der Waals surface area contributed by atoms with Gasteiger partial charge in [0.1, 0.15) is 29.7 Å². The number of ether oxygens (including phenoxy) is 1. The van der Waals surface area contributed by atoms with E-state index in [9.17, 15) is 9.18 Å². The molecule has 1 aromatic carbocycles. The third-order valence-corrected chi connectivity index (χ3v) is 8.99. The Balaban J connectivity index is 1.43. The zero-order chi connectivity index (χ0) is 29.4. The summed E-state index contributed by atoms with van der Waals surface area (Å²) in [7, 11) is 2.04. The molecular weight excluding hydrogens is 560 g/mol. The van der Waals surface area contributed by atoms with E-state index >= 15 is 4.39 Å². The van der Waals surface area contributed by atoms with Gasteiger partial charge in [0, 0.05) is 42.1 Å². The number of fused-ring (bicyclic) bond motifs is 2. The zero-order valence-corrected chi connectivity index (χ0v) is 23.9. The fourth-order valence-corrected chi connectivity index (χ4v) is 6.70. The highest BCUT2D eigenvalue weighted by Crippen LogP contribution is 2.37. The van der Waals surface area contributed by atoms with Crippen LogP contribution in [-0.4, -0.2) is 89.1 Å². The first-order valence-electron chi connectivity index (χ1n) is 13.7. The average Bonchev–Trinajstić information content (AvgIpc) is 3.64. The molecule has 0 radical (unpaired) electrons. The van der Waals surface area contributed by atoms with Gasteiger partial charge in [0.05, 0.1) is 5.39 Å². The van der Waals surface area contributed by atoms with E-state index in [1.54, 1.807) is 6.20 Å². The number of carbonyl (C=O) groups is 1. The van der Waals surface area contributed by atoms with Gasteiger partial charge in [-0.15, -0.1) is 11.3 Å². The zero-order valence-electron chi connectivity index (χ0n) is 23.1. The van der Waals surface area contributed by atoms with Crippen molar-refractivity contribution in [1.82, 2.24) is 24.8 Å². The highest BCUT2D eigenvalue weighted by Gasteiger charge is 2.35. The van der Waals surface area contributed by atoms with Gasteiger partial charge in [0.2, 0.25) is 6.54 Å². The van der Waals surface area contributed by atoms with Crippen LogP contribution in [0.3, 0.4) is 0 Å². The first-order chi connectivity index (χ1) is 20.4. The second-order valence-electron chi connectivity index (χ2n) is 10.6. The third-order valence-electron chi connectivity index (χ3n) is 8.03. The van der Waals surface area contributed by atoms with E-state index in [0.717, 1.165) is 29.5 Å². The topological polar surface area (TPSA) is 79.1 Å². The molecule has 0 saturated carbocycles. The summed E-state index contributed by atoms with van der Waals surface area (Å²) < 4.78 is 37.1. The summed E-state index contributed by atoms with van der Waals surface area (Å²) in [6.07, 6.45) is 3.62. The van der Waals surface area contributed by atoms with Gasteiger partial charge >= 0.3 is 6.01 Å². The number of halogens is 2. The SMILES string of the molecule is [C-]#[N+]C[C@H]1CN(c2nc(OC[C@@H]3CCCN3C)nc3c(F)c(-c4cccc5ccsc45)ncc23)CCN1C(=O)C(=C)F. The Hall–Kier alpha value is -4.21. The van der Waals surface area contributed by atoms with E-state index in [-0.39, 0.29) is 49.4 Å². The predicted octanol–water partition coefficient (Wildman–Crippen LogP) is 4.94. The number of likely N-dealkylation sites (N-methyl/N-ethyl adjacent to an activating group) is 1. The molecule has 2 atom stereocenters. The highest BCUT2D eigenvalue weighted by atomic mass is 32.1. The average molecular weight is 590 g/mol. The molecule has 2 aliphatic rings. The Labute approximate surface area is 245 Å². The number of piperazine rings is 1. The maximum Gasteiger partial charge on any atom is 0.319 e. The lowest BCUT2D eigenvalue weighted by Gasteiger charge is -2.39. The molecule has 2 saturated heterocycles. The van der Waals surface area contributed by atoms with Crippen LogP contribution in [0.15, 0.2) is 48.2 Å². The van der Waals surface area contributed by atoms with Crippen molar-refractivity contribution in [2.24, 2.45) is 0 Å². The molecule has 4 aromatic rings. The summed E-state index contributed by atoms with van der Waals surface area (Å²) in [5, 5.41) is 3.35. The van der Waals surface area contributed by atoms with Crippen LogP contribution in [0.5, 0.6) is 6.01 Å². The molecule has 0 unspecified atom stereocenters. The van der Waals surface area contributed by atoms with Gasteiger partial charge in [-0.05, 0) is 43.3 Å². The fraction of sp³-hybridized carbons (Fsp3) is 0.367. The number of anilines is 1. The quantitative estimate of drug-likeness (QED) is 0.223. The van der Waals surface area contributed by atoms with Crippen molar-refractivity contribution in [3.8, 4) is 17.3 Å². The van der Waals surface area contributed by atoms with E-state index < -0.39 is 23.6 Å². The van der Waals surface area contributed by atoms with Crippen molar-refractivity contribution in [2.45, 2.75) is 24.9 Å². The Morgan fingerprint density at radius 1 is 1.24 bits per heavy atom. The number of benzene rings is 1. The van der Waals surface area contributed by atoms with Gasteiger partial charge in [-0.1, -0.05) is 24.8 Å². The third kappa shape index (κ3) is 5.14. The number of pyridine rings is 1.